The highest BCUT2D eigenvalue weighted by atomic mass is 16.2. The van der Waals surface area contributed by atoms with Gasteiger partial charge < -0.3 is 4.90 Å². The molecule has 5 heteroatoms. The van der Waals surface area contributed by atoms with Crippen LogP contribution in [0.1, 0.15) is 48.9 Å². The fraction of sp³-hybridized carbons (Fsp3) is 0.375. The minimum Gasteiger partial charge on any atom is -0.335 e. The second-order valence-electron chi connectivity index (χ2n) is 8.17. The largest absolute Gasteiger partial charge is 0.335 e. The molecule has 0 radical (unpaired) electrons. The number of amides is 1. The molecule has 3 heterocycles. The van der Waals surface area contributed by atoms with E-state index in [9.17, 15) is 4.79 Å². The fourth-order valence-electron chi connectivity index (χ4n) is 4.99. The van der Waals surface area contributed by atoms with Gasteiger partial charge in [0, 0.05) is 36.7 Å². The molecule has 1 aliphatic heterocycles. The van der Waals surface area contributed by atoms with E-state index < -0.39 is 0 Å². The predicted octanol–water partition coefficient (Wildman–Crippen LogP) is 4.73. The SMILES string of the molecule is O=C(c1cn(-c2ccccc2)nc1-c1cccnc1)N1CCC[C@@H]2CCCC[C@@H]21. The molecule has 1 amide bonds. The van der Waals surface area contributed by atoms with Crippen LogP contribution >= 0.6 is 0 Å². The fourth-order valence-corrected chi connectivity index (χ4v) is 4.99. The molecule has 148 valence electrons. The molecule has 2 fully saturated rings. The van der Waals surface area contributed by atoms with Crippen LogP contribution in [-0.2, 0) is 0 Å². The smallest absolute Gasteiger partial charge is 0.257 e. The van der Waals surface area contributed by atoms with Gasteiger partial charge in [0.15, 0.2) is 0 Å². The zero-order valence-electron chi connectivity index (χ0n) is 16.6. The Hall–Kier alpha value is -2.95. The molecule has 2 atom stereocenters. The Labute approximate surface area is 171 Å². The molecule has 3 aromatic rings. The van der Waals surface area contributed by atoms with E-state index in [1.807, 2.05) is 53.3 Å². The van der Waals surface area contributed by atoms with E-state index >= 15 is 0 Å². The van der Waals surface area contributed by atoms with Gasteiger partial charge in [0.25, 0.3) is 5.91 Å². The number of rotatable bonds is 3. The molecule has 0 spiro atoms. The van der Waals surface area contributed by atoms with Crippen molar-refractivity contribution >= 4 is 5.91 Å². The molecule has 2 aliphatic rings. The van der Waals surface area contributed by atoms with Gasteiger partial charge in [0.2, 0.25) is 0 Å². The molecule has 0 N–H and O–H groups in total. The van der Waals surface area contributed by atoms with E-state index in [2.05, 4.69) is 9.88 Å². The molecule has 1 aromatic carbocycles. The van der Waals surface area contributed by atoms with Gasteiger partial charge in [-0.05, 0) is 55.9 Å². The number of hydrogen-bond acceptors (Lipinski definition) is 3. The van der Waals surface area contributed by atoms with Crippen LogP contribution in [0.2, 0.25) is 0 Å². The van der Waals surface area contributed by atoms with E-state index in [1.165, 1.54) is 25.7 Å². The minimum atomic E-state index is 0.114. The lowest BCUT2D eigenvalue weighted by atomic mass is 9.78. The quantitative estimate of drug-likeness (QED) is 0.654. The van der Waals surface area contributed by atoms with Crippen LogP contribution in [0.5, 0.6) is 0 Å². The minimum absolute atomic E-state index is 0.114. The summed E-state index contributed by atoms with van der Waals surface area (Å²) in [5, 5.41) is 4.80. The zero-order valence-corrected chi connectivity index (χ0v) is 16.6. The third-order valence-corrected chi connectivity index (χ3v) is 6.40. The maximum absolute atomic E-state index is 13.7. The summed E-state index contributed by atoms with van der Waals surface area (Å²) < 4.78 is 1.82. The summed E-state index contributed by atoms with van der Waals surface area (Å²) in [5.74, 6) is 0.773. The van der Waals surface area contributed by atoms with Crippen molar-refractivity contribution in [3.05, 3.63) is 66.6 Å². The number of carbonyl (C=O) groups is 1. The van der Waals surface area contributed by atoms with Crippen LogP contribution in [-0.4, -0.2) is 38.2 Å². The maximum atomic E-state index is 13.7. The average Bonchev–Trinajstić information content (AvgIpc) is 3.25. The van der Waals surface area contributed by atoms with Crippen molar-refractivity contribution in [1.29, 1.82) is 0 Å². The lowest BCUT2D eigenvalue weighted by molar-refractivity contribution is 0.0391. The summed E-state index contributed by atoms with van der Waals surface area (Å²) in [6, 6.07) is 14.2. The van der Waals surface area contributed by atoms with Gasteiger partial charge in [-0.25, -0.2) is 4.68 Å². The molecule has 29 heavy (non-hydrogen) atoms. The lowest BCUT2D eigenvalue weighted by Crippen LogP contribution is -2.49. The highest BCUT2D eigenvalue weighted by molar-refractivity contribution is 6.00. The van der Waals surface area contributed by atoms with Gasteiger partial charge in [0.05, 0.1) is 11.3 Å². The summed E-state index contributed by atoms with van der Waals surface area (Å²) in [4.78, 5) is 20.1. The van der Waals surface area contributed by atoms with Crippen molar-refractivity contribution in [2.75, 3.05) is 6.54 Å². The molecule has 2 aromatic heterocycles. The third kappa shape index (κ3) is 3.46. The van der Waals surface area contributed by atoms with Crippen molar-refractivity contribution in [3.63, 3.8) is 0 Å². The van der Waals surface area contributed by atoms with Crippen molar-refractivity contribution in [1.82, 2.24) is 19.7 Å². The van der Waals surface area contributed by atoms with Crippen LogP contribution in [0.15, 0.2) is 61.1 Å². The monoisotopic (exact) mass is 386 g/mol. The highest BCUT2D eigenvalue weighted by Crippen LogP contribution is 2.37. The summed E-state index contributed by atoms with van der Waals surface area (Å²) >= 11 is 0. The molecule has 1 saturated carbocycles. The molecule has 0 unspecified atom stereocenters. The number of pyridine rings is 1. The van der Waals surface area contributed by atoms with Gasteiger partial charge in [-0.15, -0.1) is 0 Å². The van der Waals surface area contributed by atoms with Crippen LogP contribution in [0.25, 0.3) is 16.9 Å². The van der Waals surface area contributed by atoms with E-state index in [-0.39, 0.29) is 5.91 Å². The third-order valence-electron chi connectivity index (χ3n) is 6.40. The van der Waals surface area contributed by atoms with Crippen LogP contribution < -0.4 is 0 Å². The number of nitrogens with zero attached hydrogens (tertiary/aromatic N) is 4. The Morgan fingerprint density at radius 2 is 1.79 bits per heavy atom. The van der Waals surface area contributed by atoms with Gasteiger partial charge >= 0.3 is 0 Å². The standard InChI is InChI=1S/C24H26N4O/c29-24(27-15-7-10-18-8-4-5-13-22(18)27)21-17-28(20-11-2-1-3-12-20)26-23(21)19-9-6-14-25-16-19/h1-3,6,9,11-12,14,16-18,22H,4-5,7-8,10,13,15H2/t18-,22-/m0/s1. The van der Waals surface area contributed by atoms with Gasteiger partial charge in [-0.2, -0.15) is 5.10 Å². The van der Waals surface area contributed by atoms with E-state index in [0.29, 0.717) is 23.2 Å². The number of benzene rings is 1. The van der Waals surface area contributed by atoms with Gasteiger partial charge in [-0.1, -0.05) is 31.0 Å². The van der Waals surface area contributed by atoms with Gasteiger partial charge in [-0.3, -0.25) is 9.78 Å². The van der Waals surface area contributed by atoms with Crippen LogP contribution in [0, 0.1) is 5.92 Å². The Morgan fingerprint density at radius 1 is 0.966 bits per heavy atom. The first kappa shape index (κ1) is 18.1. The Morgan fingerprint density at radius 3 is 2.62 bits per heavy atom. The molecular weight excluding hydrogens is 360 g/mol. The highest BCUT2D eigenvalue weighted by Gasteiger charge is 2.37. The van der Waals surface area contributed by atoms with E-state index in [0.717, 1.165) is 30.6 Å². The second kappa shape index (κ2) is 7.82. The van der Waals surface area contributed by atoms with Crippen molar-refractivity contribution in [2.24, 2.45) is 5.92 Å². The molecular formula is C24H26N4O. The number of piperidine rings is 1. The lowest BCUT2D eigenvalue weighted by Gasteiger charge is -2.44. The topological polar surface area (TPSA) is 51.0 Å². The predicted molar refractivity (Wildman–Crippen MR) is 113 cm³/mol. The molecule has 0 bridgehead atoms. The maximum Gasteiger partial charge on any atom is 0.257 e. The number of para-hydroxylation sites is 1. The first-order valence-electron chi connectivity index (χ1n) is 10.7. The number of likely N-dealkylation sites (tertiary alicyclic amines) is 1. The van der Waals surface area contributed by atoms with Crippen molar-refractivity contribution < 1.29 is 4.79 Å². The summed E-state index contributed by atoms with van der Waals surface area (Å²) in [6.45, 7) is 0.850. The normalized spacial score (nSPS) is 21.6. The first-order chi connectivity index (χ1) is 14.3. The molecule has 1 saturated heterocycles. The first-order valence-corrected chi connectivity index (χ1v) is 10.7. The van der Waals surface area contributed by atoms with Crippen molar-refractivity contribution in [2.45, 2.75) is 44.6 Å². The van der Waals surface area contributed by atoms with E-state index in [4.69, 9.17) is 5.10 Å². The molecule has 5 nitrogen and oxygen atoms in total. The summed E-state index contributed by atoms with van der Waals surface area (Å²) in [6.07, 6.45) is 12.7. The summed E-state index contributed by atoms with van der Waals surface area (Å²) in [5.41, 5.74) is 3.21. The second-order valence-corrected chi connectivity index (χ2v) is 8.17. The average molecular weight is 386 g/mol. The Kier molecular flexibility index (Phi) is 4.88. The number of fused-ring (bicyclic) bond motifs is 1. The van der Waals surface area contributed by atoms with E-state index in [1.54, 1.807) is 12.4 Å². The van der Waals surface area contributed by atoms with Crippen molar-refractivity contribution in [3.8, 4) is 16.9 Å². The summed E-state index contributed by atoms with van der Waals surface area (Å²) in [7, 11) is 0. The van der Waals surface area contributed by atoms with Crippen LogP contribution in [0.3, 0.4) is 0 Å². The number of hydrogen-bond donors (Lipinski definition) is 0. The Balaban J connectivity index is 1.56. The Bertz CT molecular complexity index is 981. The number of aromatic nitrogens is 3. The molecule has 5 rings (SSSR count). The zero-order chi connectivity index (χ0) is 19.6. The number of carbonyl (C=O) groups excluding carboxylic acids is 1. The molecule has 1 aliphatic carbocycles. The van der Waals surface area contributed by atoms with Gasteiger partial charge in [0.1, 0.15) is 5.69 Å². The van der Waals surface area contributed by atoms with Crippen LogP contribution in [0.4, 0.5) is 0 Å².